The molecule has 0 aliphatic heterocycles. The molecule has 9 heavy (non-hydrogen) atoms. The van der Waals surface area contributed by atoms with E-state index in [-0.39, 0.29) is 0 Å². The smallest absolute Gasteiger partial charge is 0.316 e. The summed E-state index contributed by atoms with van der Waals surface area (Å²) in [5, 5.41) is 0. The summed E-state index contributed by atoms with van der Waals surface area (Å²) in [6.07, 6.45) is 0.829. The van der Waals surface area contributed by atoms with Crippen LogP contribution in [0.3, 0.4) is 0 Å². The molecule has 0 saturated heterocycles. The maximum absolute atomic E-state index is 10.5. The van der Waals surface area contributed by atoms with E-state index in [2.05, 4.69) is 4.08 Å². The fraction of sp³-hybridized carbons (Fsp3) is 1.00. The monoisotopic (exact) mass is 190 g/mol. The maximum Gasteiger partial charge on any atom is 0.402 e. The molecule has 0 aromatic rings. The van der Waals surface area contributed by atoms with E-state index in [9.17, 15) is 4.57 Å². The minimum atomic E-state index is -3.51. The molecule has 0 amide bonds. The van der Waals surface area contributed by atoms with Gasteiger partial charge in [-0.25, -0.2) is 4.57 Å². The molecular formula is C3H8ClO3PS. The Morgan fingerprint density at radius 3 is 2.78 bits per heavy atom. The van der Waals surface area contributed by atoms with E-state index in [1.807, 2.05) is 6.92 Å². The molecule has 0 aromatic heterocycles. The van der Waals surface area contributed by atoms with Gasteiger partial charge in [0.1, 0.15) is 0 Å². The van der Waals surface area contributed by atoms with Gasteiger partial charge in [0.15, 0.2) is 0 Å². The van der Waals surface area contributed by atoms with Crippen molar-refractivity contribution in [1.29, 1.82) is 0 Å². The molecular weight excluding hydrogens is 183 g/mol. The first kappa shape index (κ1) is 9.79. The van der Waals surface area contributed by atoms with Crippen molar-refractivity contribution in [2.24, 2.45) is 0 Å². The molecule has 56 valence electrons. The van der Waals surface area contributed by atoms with Gasteiger partial charge in [-0.15, -0.1) is 0 Å². The van der Waals surface area contributed by atoms with Crippen LogP contribution in [0, 0.1) is 0 Å². The summed E-state index contributed by atoms with van der Waals surface area (Å²) in [4.78, 5) is 8.62. The van der Waals surface area contributed by atoms with Crippen LogP contribution in [0.1, 0.15) is 13.3 Å². The second-order valence-corrected chi connectivity index (χ2v) is 5.69. The van der Waals surface area contributed by atoms with E-state index >= 15 is 0 Å². The molecule has 0 saturated carbocycles. The molecule has 1 unspecified atom stereocenters. The lowest BCUT2D eigenvalue weighted by molar-refractivity contribution is 0.417. The molecule has 0 fully saturated rings. The van der Waals surface area contributed by atoms with Crippen molar-refractivity contribution in [2.45, 2.75) is 13.3 Å². The molecule has 0 spiro atoms. The van der Waals surface area contributed by atoms with E-state index in [4.69, 9.17) is 16.8 Å². The summed E-state index contributed by atoms with van der Waals surface area (Å²) in [6.45, 7) is -1.60. The highest BCUT2D eigenvalue weighted by atomic mass is 35.5. The first-order valence-electron chi connectivity index (χ1n) is 2.40. The fourth-order valence-electron chi connectivity index (χ4n) is 0.227. The molecule has 0 aliphatic rings. The van der Waals surface area contributed by atoms with Crippen LogP contribution < -0.4 is 0 Å². The molecule has 0 aliphatic carbocycles. The van der Waals surface area contributed by atoms with Crippen molar-refractivity contribution in [3.63, 3.8) is 0 Å². The van der Waals surface area contributed by atoms with E-state index in [1.165, 1.54) is 0 Å². The number of halogens is 1. The molecule has 0 bridgehead atoms. The lowest BCUT2D eigenvalue weighted by Gasteiger charge is -2.02. The number of hydrogen-bond donors (Lipinski definition) is 1. The van der Waals surface area contributed by atoms with Crippen LogP contribution in [0.4, 0.5) is 0 Å². The van der Waals surface area contributed by atoms with E-state index in [0.29, 0.717) is 5.75 Å². The van der Waals surface area contributed by atoms with Gasteiger partial charge in [-0.1, -0.05) is 6.92 Å². The Hall–Kier alpha value is 0.790. The predicted molar refractivity (Wildman–Crippen MR) is 39.5 cm³/mol. The van der Waals surface area contributed by atoms with Crippen molar-refractivity contribution >= 4 is 30.0 Å². The van der Waals surface area contributed by atoms with E-state index in [0.717, 1.165) is 17.8 Å². The summed E-state index contributed by atoms with van der Waals surface area (Å²) in [7, 11) is 0. The third-order valence-electron chi connectivity index (χ3n) is 0.546. The Kier molecular flexibility index (Phi) is 4.98. The molecule has 0 aromatic carbocycles. The lowest BCUT2D eigenvalue weighted by atomic mass is 10.6. The quantitative estimate of drug-likeness (QED) is 0.692. The van der Waals surface area contributed by atoms with Crippen molar-refractivity contribution in [3.8, 4) is 0 Å². The SMILES string of the molecule is CCCSP(=O)(O)OCl. The van der Waals surface area contributed by atoms with Crippen molar-refractivity contribution < 1.29 is 13.5 Å². The normalized spacial score (nSPS) is 17.2. The van der Waals surface area contributed by atoms with Gasteiger partial charge in [-0.05, 0) is 17.8 Å². The first-order valence-corrected chi connectivity index (χ1v) is 5.87. The van der Waals surface area contributed by atoms with Gasteiger partial charge in [-0.3, -0.25) is 0 Å². The van der Waals surface area contributed by atoms with Crippen molar-refractivity contribution in [3.05, 3.63) is 0 Å². The minimum absolute atomic E-state index is 0.584. The molecule has 1 atom stereocenters. The summed E-state index contributed by atoms with van der Waals surface area (Å²) in [5.41, 5.74) is 0. The second-order valence-electron chi connectivity index (χ2n) is 1.37. The Bertz CT molecular complexity index is 120. The highest BCUT2D eigenvalue weighted by Crippen LogP contribution is 2.56. The van der Waals surface area contributed by atoms with E-state index in [1.54, 1.807) is 0 Å². The molecule has 0 heterocycles. The number of rotatable bonds is 4. The average molecular weight is 191 g/mol. The maximum atomic E-state index is 10.5. The van der Waals surface area contributed by atoms with Crippen LogP contribution in [-0.2, 0) is 8.64 Å². The zero-order valence-corrected chi connectivity index (χ0v) is 7.38. The summed E-state index contributed by atoms with van der Waals surface area (Å²) in [5.74, 6) is 0.584. The van der Waals surface area contributed by atoms with Crippen LogP contribution in [0.5, 0.6) is 0 Å². The molecule has 0 radical (unpaired) electrons. The van der Waals surface area contributed by atoms with Crippen molar-refractivity contribution in [2.75, 3.05) is 5.75 Å². The molecule has 6 heteroatoms. The van der Waals surface area contributed by atoms with Gasteiger partial charge in [0.2, 0.25) is 0 Å². The fourth-order valence-corrected chi connectivity index (χ4v) is 2.40. The third-order valence-corrected chi connectivity index (χ3v) is 4.19. The zero-order chi connectivity index (χ0) is 7.33. The molecule has 3 nitrogen and oxygen atoms in total. The Morgan fingerprint density at radius 2 is 2.44 bits per heavy atom. The molecule has 0 rings (SSSR count). The highest BCUT2D eigenvalue weighted by Gasteiger charge is 2.18. The third kappa shape index (κ3) is 5.25. The van der Waals surface area contributed by atoms with Gasteiger partial charge in [0, 0.05) is 5.75 Å². The Balaban J connectivity index is 3.46. The topological polar surface area (TPSA) is 46.5 Å². The zero-order valence-electron chi connectivity index (χ0n) is 4.91. The van der Waals surface area contributed by atoms with Gasteiger partial charge >= 0.3 is 6.80 Å². The summed E-state index contributed by atoms with van der Waals surface area (Å²) in [6, 6.07) is 0. The van der Waals surface area contributed by atoms with Crippen LogP contribution in [0.2, 0.25) is 0 Å². The second kappa shape index (κ2) is 4.58. The van der Waals surface area contributed by atoms with Crippen LogP contribution in [0.25, 0.3) is 0 Å². The van der Waals surface area contributed by atoms with Gasteiger partial charge in [0.05, 0.1) is 11.9 Å². The van der Waals surface area contributed by atoms with Gasteiger partial charge in [0.25, 0.3) is 0 Å². The van der Waals surface area contributed by atoms with Crippen molar-refractivity contribution in [1.82, 2.24) is 0 Å². The highest BCUT2D eigenvalue weighted by molar-refractivity contribution is 8.54. The lowest BCUT2D eigenvalue weighted by Crippen LogP contribution is -1.75. The van der Waals surface area contributed by atoms with Crippen LogP contribution in [0.15, 0.2) is 0 Å². The Morgan fingerprint density at radius 1 is 1.89 bits per heavy atom. The van der Waals surface area contributed by atoms with E-state index < -0.39 is 6.80 Å². The Labute approximate surface area is 63.2 Å². The van der Waals surface area contributed by atoms with Gasteiger partial charge in [-0.2, -0.15) is 4.08 Å². The average Bonchev–Trinajstić information content (AvgIpc) is 1.84. The predicted octanol–water partition coefficient (Wildman–Crippen LogP) is 2.40. The van der Waals surface area contributed by atoms with Crippen LogP contribution in [-0.4, -0.2) is 10.6 Å². The first-order chi connectivity index (χ1) is 4.12. The van der Waals surface area contributed by atoms with Gasteiger partial charge < -0.3 is 4.89 Å². The summed E-state index contributed by atoms with van der Waals surface area (Å²) >= 11 is 5.53. The minimum Gasteiger partial charge on any atom is -0.316 e. The standard InChI is InChI=1S/C3H8ClO3PS/c1-2-3-9-8(5,6)7-4/h2-3H2,1H3,(H,5,6). The molecule has 1 N–H and O–H groups in total. The number of hydrogen-bond acceptors (Lipinski definition) is 3. The summed E-state index contributed by atoms with van der Waals surface area (Å²) < 4.78 is 14.3. The largest absolute Gasteiger partial charge is 0.402 e. The van der Waals surface area contributed by atoms with Crippen LogP contribution >= 0.6 is 30.0 Å².